The van der Waals surface area contributed by atoms with Crippen LogP contribution < -0.4 is 0 Å². The van der Waals surface area contributed by atoms with Crippen LogP contribution in [-0.2, 0) is 14.4 Å². The zero-order chi connectivity index (χ0) is 25.4. The molecule has 2 fully saturated rings. The average Bonchev–Trinajstić information content (AvgIpc) is 3.16. The maximum absolute atomic E-state index is 13.7. The first kappa shape index (κ1) is 24.2. The van der Waals surface area contributed by atoms with Crippen LogP contribution in [0.3, 0.4) is 0 Å². The van der Waals surface area contributed by atoms with Gasteiger partial charge in [-0.05, 0) is 42.0 Å². The van der Waals surface area contributed by atoms with E-state index in [9.17, 15) is 19.2 Å². The van der Waals surface area contributed by atoms with Crippen LogP contribution in [0.5, 0.6) is 0 Å². The van der Waals surface area contributed by atoms with E-state index in [4.69, 9.17) is 0 Å². The Morgan fingerprint density at radius 2 is 1.42 bits per heavy atom. The Bertz CT molecular complexity index is 1200. The molecule has 3 aliphatic rings. The van der Waals surface area contributed by atoms with Crippen LogP contribution in [0.15, 0.2) is 54.6 Å². The van der Waals surface area contributed by atoms with Crippen LogP contribution >= 0.6 is 0 Å². The molecule has 0 aromatic heterocycles. The molecule has 7 heteroatoms. The summed E-state index contributed by atoms with van der Waals surface area (Å²) >= 11 is 0. The molecule has 0 N–H and O–H groups in total. The fourth-order valence-corrected chi connectivity index (χ4v) is 5.82. The minimum atomic E-state index is -0.782. The Kier molecular flexibility index (Phi) is 6.65. The van der Waals surface area contributed by atoms with E-state index in [-0.39, 0.29) is 41.4 Å². The van der Waals surface area contributed by atoms with Gasteiger partial charge in [-0.25, -0.2) is 0 Å². The monoisotopic (exact) mass is 487 g/mol. The molecule has 2 aliphatic heterocycles. The smallest absolute Gasteiger partial charge is 0.254 e. The number of hydrogen-bond donors (Lipinski definition) is 0. The van der Waals surface area contributed by atoms with E-state index in [1.807, 2.05) is 68.5 Å². The predicted molar refractivity (Wildman–Crippen MR) is 137 cm³/mol. The number of hydrogen-bond acceptors (Lipinski definition) is 4. The molecule has 0 saturated carbocycles. The quantitative estimate of drug-likeness (QED) is 0.478. The van der Waals surface area contributed by atoms with Crippen LogP contribution in [0.4, 0.5) is 0 Å². The average molecular weight is 488 g/mol. The number of imide groups is 1. The van der Waals surface area contributed by atoms with Crippen molar-refractivity contribution in [2.24, 2.45) is 17.8 Å². The van der Waals surface area contributed by atoms with E-state index >= 15 is 0 Å². The van der Waals surface area contributed by atoms with E-state index in [0.29, 0.717) is 51.0 Å². The first-order valence-electron chi connectivity index (χ1n) is 12.9. The van der Waals surface area contributed by atoms with Crippen molar-refractivity contribution in [1.29, 1.82) is 0 Å². The molecule has 1 aliphatic carbocycles. The Balaban J connectivity index is 1.30. The molecule has 2 heterocycles. The van der Waals surface area contributed by atoms with Gasteiger partial charge in [0.25, 0.3) is 5.91 Å². The molecule has 0 spiro atoms. The number of fused-ring (bicyclic) bond motifs is 2. The van der Waals surface area contributed by atoms with Gasteiger partial charge < -0.3 is 9.80 Å². The largest absolute Gasteiger partial charge is 0.337 e. The van der Waals surface area contributed by atoms with Crippen LogP contribution in [0.2, 0.25) is 0 Å². The minimum absolute atomic E-state index is 0.0425. The zero-order valence-electron chi connectivity index (χ0n) is 20.9. The Labute approximate surface area is 211 Å². The summed E-state index contributed by atoms with van der Waals surface area (Å²) in [6.07, 6.45) is 5.48. The highest BCUT2D eigenvalue weighted by molar-refractivity contribution is 6.09. The minimum Gasteiger partial charge on any atom is -0.337 e. The normalized spacial score (nSPS) is 22.9. The summed E-state index contributed by atoms with van der Waals surface area (Å²) in [5.41, 5.74) is 0.662. The van der Waals surface area contributed by atoms with Crippen molar-refractivity contribution in [3.8, 4) is 0 Å². The molecule has 3 unspecified atom stereocenters. The van der Waals surface area contributed by atoms with Crippen LogP contribution in [0.1, 0.15) is 43.5 Å². The van der Waals surface area contributed by atoms with Crippen LogP contribution in [-0.4, -0.2) is 70.5 Å². The molecule has 2 saturated heterocycles. The summed E-state index contributed by atoms with van der Waals surface area (Å²) in [6, 6.07) is 12.8. The molecule has 36 heavy (non-hydrogen) atoms. The Morgan fingerprint density at radius 1 is 0.833 bits per heavy atom. The van der Waals surface area contributed by atoms with Crippen molar-refractivity contribution in [2.75, 3.05) is 26.2 Å². The molecule has 3 atom stereocenters. The number of piperazine rings is 1. The van der Waals surface area contributed by atoms with Gasteiger partial charge in [-0.2, -0.15) is 0 Å². The number of benzene rings is 2. The second kappa shape index (κ2) is 9.88. The van der Waals surface area contributed by atoms with Gasteiger partial charge in [0.1, 0.15) is 6.04 Å². The summed E-state index contributed by atoms with van der Waals surface area (Å²) < 4.78 is 0. The third-order valence-electron chi connectivity index (χ3n) is 7.73. The molecular formula is C29H33N3O4. The second-order valence-electron chi connectivity index (χ2n) is 10.5. The van der Waals surface area contributed by atoms with Crippen LogP contribution in [0, 0.1) is 17.8 Å². The van der Waals surface area contributed by atoms with Gasteiger partial charge >= 0.3 is 0 Å². The highest BCUT2D eigenvalue weighted by Crippen LogP contribution is 2.37. The van der Waals surface area contributed by atoms with Gasteiger partial charge in [0.2, 0.25) is 17.7 Å². The molecule has 0 radical (unpaired) electrons. The number of carbonyl (C=O) groups excluding carboxylic acids is 4. The number of nitrogens with zero attached hydrogens (tertiary/aromatic N) is 3. The highest BCUT2D eigenvalue weighted by Gasteiger charge is 2.51. The SMILES string of the molecule is CC(C)CC(C(=O)N1CCN(C(=O)c2cccc3ccccc23)CC1)N1C(=O)C2CC=CCC2C1=O. The van der Waals surface area contributed by atoms with Crippen molar-refractivity contribution in [3.05, 3.63) is 60.2 Å². The third-order valence-corrected chi connectivity index (χ3v) is 7.73. The topological polar surface area (TPSA) is 78.0 Å². The van der Waals surface area contributed by atoms with Gasteiger partial charge in [0.05, 0.1) is 11.8 Å². The Morgan fingerprint density at radius 3 is 2.06 bits per heavy atom. The fraction of sp³-hybridized carbons (Fsp3) is 0.448. The lowest BCUT2D eigenvalue weighted by Gasteiger charge is -2.38. The molecular weight excluding hydrogens is 454 g/mol. The van der Waals surface area contributed by atoms with Crippen molar-refractivity contribution in [3.63, 3.8) is 0 Å². The van der Waals surface area contributed by atoms with E-state index in [1.54, 1.807) is 9.80 Å². The highest BCUT2D eigenvalue weighted by atomic mass is 16.2. The summed E-state index contributed by atoms with van der Waals surface area (Å²) in [6.45, 7) is 5.60. The standard InChI is InChI=1S/C29H33N3O4/c1-19(2)18-25(32-27(34)23-11-5-6-12-24(23)28(32)35)29(36)31-16-14-30(15-17-31)26(33)22-13-7-9-20-8-3-4-10-21(20)22/h3-10,13,19,23-25H,11-12,14-18H2,1-2H3. The predicted octanol–water partition coefficient (Wildman–Crippen LogP) is 3.49. The summed E-state index contributed by atoms with van der Waals surface area (Å²) in [5.74, 6) is -1.20. The lowest BCUT2D eigenvalue weighted by atomic mass is 9.85. The van der Waals surface area contributed by atoms with Crippen LogP contribution in [0.25, 0.3) is 10.8 Å². The Hall–Kier alpha value is -3.48. The number of likely N-dealkylation sites (tertiary alicyclic amines) is 1. The maximum Gasteiger partial charge on any atom is 0.254 e. The molecule has 5 rings (SSSR count). The molecule has 2 aromatic rings. The molecule has 2 aromatic carbocycles. The molecule has 4 amide bonds. The van der Waals surface area contributed by atoms with Gasteiger partial charge in [0, 0.05) is 31.7 Å². The zero-order valence-corrected chi connectivity index (χ0v) is 20.9. The van der Waals surface area contributed by atoms with E-state index in [1.165, 1.54) is 4.90 Å². The summed E-state index contributed by atoms with van der Waals surface area (Å²) in [4.78, 5) is 58.2. The van der Waals surface area contributed by atoms with E-state index in [2.05, 4.69) is 0 Å². The third kappa shape index (κ3) is 4.31. The summed E-state index contributed by atoms with van der Waals surface area (Å²) in [7, 11) is 0. The number of allylic oxidation sites excluding steroid dienone is 2. The number of rotatable bonds is 5. The first-order valence-corrected chi connectivity index (χ1v) is 12.9. The van der Waals surface area contributed by atoms with Crippen molar-refractivity contribution in [1.82, 2.24) is 14.7 Å². The van der Waals surface area contributed by atoms with Gasteiger partial charge in [-0.1, -0.05) is 62.4 Å². The lowest BCUT2D eigenvalue weighted by Crippen LogP contribution is -2.57. The van der Waals surface area contributed by atoms with Gasteiger partial charge in [-0.15, -0.1) is 0 Å². The first-order chi connectivity index (χ1) is 17.4. The molecule has 7 nitrogen and oxygen atoms in total. The van der Waals surface area contributed by atoms with Crippen molar-refractivity contribution < 1.29 is 19.2 Å². The number of carbonyl (C=O) groups is 4. The van der Waals surface area contributed by atoms with Gasteiger partial charge in [-0.3, -0.25) is 24.1 Å². The molecule has 0 bridgehead atoms. The second-order valence-corrected chi connectivity index (χ2v) is 10.5. The fourth-order valence-electron chi connectivity index (χ4n) is 5.82. The maximum atomic E-state index is 13.7. The lowest BCUT2D eigenvalue weighted by molar-refractivity contribution is -0.153. The van der Waals surface area contributed by atoms with E-state index in [0.717, 1.165) is 10.8 Å². The van der Waals surface area contributed by atoms with Gasteiger partial charge in [0.15, 0.2) is 0 Å². The van der Waals surface area contributed by atoms with Crippen molar-refractivity contribution >= 4 is 34.4 Å². The van der Waals surface area contributed by atoms with E-state index < -0.39 is 6.04 Å². The number of amides is 4. The van der Waals surface area contributed by atoms with Crippen molar-refractivity contribution in [2.45, 2.75) is 39.2 Å². The summed E-state index contributed by atoms with van der Waals surface area (Å²) in [5, 5.41) is 1.94. The molecule has 188 valence electrons.